The second kappa shape index (κ2) is 6.83. The summed E-state index contributed by atoms with van der Waals surface area (Å²) in [4.78, 5) is 0. The summed E-state index contributed by atoms with van der Waals surface area (Å²) in [5.41, 5.74) is 3.54. The Bertz CT molecular complexity index is 629. The lowest BCUT2D eigenvalue weighted by Gasteiger charge is -2.07. The van der Waals surface area contributed by atoms with E-state index in [0.717, 1.165) is 13.0 Å². The first-order valence-electron chi connectivity index (χ1n) is 6.64. The Morgan fingerprint density at radius 2 is 2.05 bits per heavy atom. The van der Waals surface area contributed by atoms with Crippen molar-refractivity contribution in [1.82, 2.24) is 5.32 Å². The van der Waals surface area contributed by atoms with Crippen LogP contribution in [0.3, 0.4) is 0 Å². The van der Waals surface area contributed by atoms with E-state index in [9.17, 15) is 4.39 Å². The molecule has 0 aliphatic rings. The van der Waals surface area contributed by atoms with Gasteiger partial charge in [-0.05, 0) is 43.7 Å². The van der Waals surface area contributed by atoms with Crippen molar-refractivity contribution < 1.29 is 4.39 Å². The van der Waals surface area contributed by atoms with Crippen LogP contribution in [0.15, 0.2) is 42.5 Å². The molecule has 0 saturated heterocycles. The number of halogens is 1. The molecular formula is C17H17FN2. The summed E-state index contributed by atoms with van der Waals surface area (Å²) in [6.07, 6.45) is 0.904. The Labute approximate surface area is 118 Å². The molecule has 2 rings (SSSR count). The molecule has 0 aliphatic carbocycles. The van der Waals surface area contributed by atoms with Crippen LogP contribution in [0.25, 0.3) is 0 Å². The first kappa shape index (κ1) is 14.2. The average Bonchev–Trinajstić information content (AvgIpc) is 2.45. The van der Waals surface area contributed by atoms with Crippen LogP contribution in [0.1, 0.15) is 22.3 Å². The van der Waals surface area contributed by atoms with Crippen LogP contribution in [-0.4, -0.2) is 6.54 Å². The van der Waals surface area contributed by atoms with E-state index in [0.29, 0.717) is 17.7 Å². The molecule has 0 aromatic heterocycles. The summed E-state index contributed by atoms with van der Waals surface area (Å²) < 4.78 is 13.6. The number of hydrogen-bond acceptors (Lipinski definition) is 2. The fourth-order valence-electron chi connectivity index (χ4n) is 2.10. The maximum absolute atomic E-state index is 13.6. The lowest BCUT2D eigenvalue weighted by atomic mass is 10.1. The number of hydrogen-bond donors (Lipinski definition) is 1. The first-order chi connectivity index (χ1) is 9.69. The highest BCUT2D eigenvalue weighted by Gasteiger charge is 2.03. The molecule has 0 heterocycles. The van der Waals surface area contributed by atoms with E-state index in [1.165, 1.54) is 23.3 Å². The van der Waals surface area contributed by atoms with E-state index >= 15 is 0 Å². The predicted octanol–water partition coefficient (Wildman–Crippen LogP) is 3.34. The van der Waals surface area contributed by atoms with E-state index in [1.54, 1.807) is 6.07 Å². The maximum atomic E-state index is 13.6. The van der Waals surface area contributed by atoms with E-state index < -0.39 is 0 Å². The Kier molecular flexibility index (Phi) is 4.86. The number of nitriles is 1. The van der Waals surface area contributed by atoms with Gasteiger partial charge in [-0.15, -0.1) is 0 Å². The van der Waals surface area contributed by atoms with E-state index in [1.807, 2.05) is 12.1 Å². The van der Waals surface area contributed by atoms with Crippen molar-refractivity contribution in [3.8, 4) is 6.07 Å². The van der Waals surface area contributed by atoms with Crippen molar-refractivity contribution >= 4 is 0 Å². The summed E-state index contributed by atoms with van der Waals surface area (Å²) in [5.74, 6) is -0.271. The molecule has 0 unspecified atom stereocenters. The predicted molar refractivity (Wildman–Crippen MR) is 77.7 cm³/mol. The highest BCUT2D eigenvalue weighted by molar-refractivity contribution is 5.33. The van der Waals surface area contributed by atoms with Gasteiger partial charge in [0, 0.05) is 12.1 Å². The average molecular weight is 268 g/mol. The molecule has 0 saturated carbocycles. The summed E-state index contributed by atoms with van der Waals surface area (Å²) >= 11 is 0. The quantitative estimate of drug-likeness (QED) is 0.844. The lowest BCUT2D eigenvalue weighted by Crippen LogP contribution is -2.17. The molecule has 0 amide bonds. The zero-order valence-corrected chi connectivity index (χ0v) is 11.5. The van der Waals surface area contributed by atoms with Gasteiger partial charge in [-0.25, -0.2) is 4.39 Å². The highest BCUT2D eigenvalue weighted by Crippen LogP contribution is 2.10. The van der Waals surface area contributed by atoms with Gasteiger partial charge in [-0.2, -0.15) is 5.26 Å². The summed E-state index contributed by atoms with van der Waals surface area (Å²) in [7, 11) is 0. The zero-order valence-electron chi connectivity index (χ0n) is 11.5. The van der Waals surface area contributed by atoms with Crippen molar-refractivity contribution in [2.45, 2.75) is 19.9 Å². The molecule has 20 heavy (non-hydrogen) atoms. The summed E-state index contributed by atoms with van der Waals surface area (Å²) in [6.45, 7) is 3.28. The molecule has 102 valence electrons. The third-order valence-electron chi connectivity index (χ3n) is 3.16. The van der Waals surface area contributed by atoms with Crippen LogP contribution in [0.5, 0.6) is 0 Å². The number of nitrogens with one attached hydrogen (secondary N) is 1. The van der Waals surface area contributed by atoms with Crippen LogP contribution in [0.2, 0.25) is 0 Å². The number of aryl methyl sites for hydroxylation is 1. The molecule has 3 heteroatoms. The molecule has 0 fully saturated rings. The van der Waals surface area contributed by atoms with Gasteiger partial charge < -0.3 is 5.32 Å². The third-order valence-corrected chi connectivity index (χ3v) is 3.16. The van der Waals surface area contributed by atoms with Crippen LogP contribution in [-0.2, 0) is 13.0 Å². The van der Waals surface area contributed by atoms with Crippen molar-refractivity contribution in [2.75, 3.05) is 6.54 Å². The maximum Gasteiger partial charge on any atom is 0.127 e. The molecule has 0 aliphatic heterocycles. The fraction of sp³-hybridized carbons (Fsp3) is 0.235. The fourth-order valence-corrected chi connectivity index (χ4v) is 2.10. The minimum atomic E-state index is -0.271. The summed E-state index contributed by atoms with van der Waals surface area (Å²) in [5, 5.41) is 12.0. The van der Waals surface area contributed by atoms with Crippen molar-refractivity contribution in [3.05, 3.63) is 70.5 Å². The topological polar surface area (TPSA) is 35.8 Å². The smallest absolute Gasteiger partial charge is 0.127 e. The zero-order chi connectivity index (χ0) is 14.4. The molecule has 2 nitrogen and oxygen atoms in total. The van der Waals surface area contributed by atoms with Crippen LogP contribution < -0.4 is 5.32 Å². The van der Waals surface area contributed by atoms with Crippen molar-refractivity contribution in [1.29, 1.82) is 5.26 Å². The Morgan fingerprint density at radius 3 is 2.80 bits per heavy atom. The SMILES string of the molecule is Cc1cccc(CCNCc2cc(C#N)ccc2F)c1. The van der Waals surface area contributed by atoms with Crippen LogP contribution >= 0.6 is 0 Å². The Hall–Kier alpha value is -2.18. The van der Waals surface area contributed by atoms with E-state index in [-0.39, 0.29) is 5.82 Å². The van der Waals surface area contributed by atoms with Gasteiger partial charge in [0.1, 0.15) is 5.82 Å². The van der Waals surface area contributed by atoms with Crippen molar-refractivity contribution in [3.63, 3.8) is 0 Å². The van der Waals surface area contributed by atoms with Gasteiger partial charge in [-0.1, -0.05) is 29.8 Å². The molecule has 2 aromatic carbocycles. The molecule has 0 atom stereocenters. The molecule has 0 radical (unpaired) electrons. The normalized spacial score (nSPS) is 10.2. The molecule has 0 spiro atoms. The van der Waals surface area contributed by atoms with Crippen molar-refractivity contribution in [2.24, 2.45) is 0 Å². The van der Waals surface area contributed by atoms with Crippen LogP contribution in [0.4, 0.5) is 4.39 Å². The highest BCUT2D eigenvalue weighted by atomic mass is 19.1. The van der Waals surface area contributed by atoms with Gasteiger partial charge in [0.15, 0.2) is 0 Å². The van der Waals surface area contributed by atoms with E-state index in [2.05, 4.69) is 30.4 Å². The molecule has 0 bridgehead atoms. The first-order valence-corrected chi connectivity index (χ1v) is 6.64. The summed E-state index contributed by atoms with van der Waals surface area (Å²) in [6, 6.07) is 14.8. The number of rotatable bonds is 5. The largest absolute Gasteiger partial charge is 0.312 e. The standard InChI is InChI=1S/C17H17FN2/c1-13-3-2-4-14(9-13)7-8-20-12-16-10-15(11-19)5-6-17(16)18/h2-6,9-10,20H,7-8,12H2,1H3. The van der Waals surface area contributed by atoms with Gasteiger partial charge >= 0.3 is 0 Å². The number of benzene rings is 2. The van der Waals surface area contributed by atoms with E-state index in [4.69, 9.17) is 5.26 Å². The minimum absolute atomic E-state index is 0.271. The van der Waals surface area contributed by atoms with Crippen LogP contribution in [0, 0.1) is 24.1 Å². The number of nitrogens with zero attached hydrogens (tertiary/aromatic N) is 1. The van der Waals surface area contributed by atoms with Gasteiger partial charge in [0.25, 0.3) is 0 Å². The molecule has 2 aromatic rings. The lowest BCUT2D eigenvalue weighted by molar-refractivity contribution is 0.588. The molecule has 1 N–H and O–H groups in total. The Morgan fingerprint density at radius 1 is 1.20 bits per heavy atom. The third kappa shape index (κ3) is 3.91. The minimum Gasteiger partial charge on any atom is -0.312 e. The molecular weight excluding hydrogens is 251 g/mol. The second-order valence-corrected chi connectivity index (χ2v) is 4.83. The monoisotopic (exact) mass is 268 g/mol. The van der Waals surface area contributed by atoms with Gasteiger partial charge in [0.2, 0.25) is 0 Å². The van der Waals surface area contributed by atoms with Gasteiger partial charge in [-0.3, -0.25) is 0 Å². The van der Waals surface area contributed by atoms with Gasteiger partial charge in [0.05, 0.1) is 11.6 Å². The second-order valence-electron chi connectivity index (χ2n) is 4.83. The Balaban J connectivity index is 1.86.